The van der Waals surface area contributed by atoms with E-state index in [9.17, 15) is 4.79 Å². The van der Waals surface area contributed by atoms with Gasteiger partial charge in [-0.25, -0.2) is 14.0 Å². The van der Waals surface area contributed by atoms with Gasteiger partial charge >= 0.3 is 11.7 Å². The maximum atomic E-state index is 11.2. The predicted octanol–water partition coefficient (Wildman–Crippen LogP) is -0.374. The van der Waals surface area contributed by atoms with Crippen molar-refractivity contribution in [3.63, 3.8) is 0 Å². The van der Waals surface area contributed by atoms with Gasteiger partial charge in [0.05, 0.1) is 0 Å². The summed E-state index contributed by atoms with van der Waals surface area (Å²) >= 11 is 0. The van der Waals surface area contributed by atoms with Gasteiger partial charge in [-0.05, 0) is 17.8 Å². The Morgan fingerprint density at radius 2 is 2.36 bits per heavy atom. The van der Waals surface area contributed by atoms with Crippen LogP contribution in [0.15, 0.2) is 4.79 Å². The molecule has 0 radical (unpaired) electrons. The first-order chi connectivity index (χ1) is 6.66. The summed E-state index contributed by atoms with van der Waals surface area (Å²) in [5.74, 6) is 7.11. The lowest BCUT2D eigenvalue weighted by Gasteiger charge is -1.96. The molecule has 5 heteroatoms. The normalized spacial score (nSPS) is 8.64. The summed E-state index contributed by atoms with van der Waals surface area (Å²) in [7, 11) is 3.11. The molecule has 0 aliphatic rings. The van der Waals surface area contributed by atoms with E-state index in [0.29, 0.717) is 0 Å². The summed E-state index contributed by atoms with van der Waals surface area (Å²) in [6.07, 6.45) is 4.91. The standard InChI is InChI=1S/C9H9N3O2.2H2/c1-4-5-6-7-14-8-10-12(3)9(13)11(8)2;;/h1H,7H2,2-3H3;2*1H. The van der Waals surface area contributed by atoms with Crippen molar-refractivity contribution in [1.82, 2.24) is 14.3 Å². The summed E-state index contributed by atoms with van der Waals surface area (Å²) in [6, 6.07) is 0.226. The molecule has 1 rings (SSSR count). The minimum absolute atomic E-state index is 0. The zero-order chi connectivity index (χ0) is 10.6. The second kappa shape index (κ2) is 4.20. The summed E-state index contributed by atoms with van der Waals surface area (Å²) in [6.45, 7) is 0.120. The Labute approximate surface area is 84.3 Å². The van der Waals surface area contributed by atoms with Crippen LogP contribution in [0.4, 0.5) is 0 Å². The molecule has 5 nitrogen and oxygen atoms in total. The van der Waals surface area contributed by atoms with Gasteiger partial charge in [0, 0.05) is 16.9 Å². The van der Waals surface area contributed by atoms with Crippen LogP contribution in [0, 0.1) is 24.2 Å². The number of ether oxygens (including phenoxy) is 1. The summed E-state index contributed by atoms with van der Waals surface area (Å²) in [5, 5.41) is 3.83. The fraction of sp³-hybridized carbons (Fsp3) is 0.333. The van der Waals surface area contributed by atoms with Crippen LogP contribution in [0.5, 0.6) is 6.01 Å². The third-order valence-corrected chi connectivity index (χ3v) is 1.52. The van der Waals surface area contributed by atoms with E-state index in [4.69, 9.17) is 11.2 Å². The molecule has 0 saturated carbocycles. The minimum atomic E-state index is -0.245. The van der Waals surface area contributed by atoms with Crippen LogP contribution in [0.2, 0.25) is 0 Å². The van der Waals surface area contributed by atoms with Crippen molar-refractivity contribution in [1.29, 1.82) is 0 Å². The zero-order valence-corrected chi connectivity index (χ0v) is 7.94. The highest BCUT2D eigenvalue weighted by atomic mass is 16.5. The number of hydrogen-bond acceptors (Lipinski definition) is 3. The lowest BCUT2D eigenvalue weighted by molar-refractivity contribution is 0.324. The van der Waals surface area contributed by atoms with E-state index < -0.39 is 0 Å². The molecule has 0 aromatic carbocycles. The first-order valence-corrected chi connectivity index (χ1v) is 3.83. The largest absolute Gasteiger partial charge is 0.450 e. The van der Waals surface area contributed by atoms with Crippen molar-refractivity contribution in [2.24, 2.45) is 14.1 Å². The fourth-order valence-electron chi connectivity index (χ4n) is 0.851. The lowest BCUT2D eigenvalue weighted by Crippen LogP contribution is -2.20. The SMILES string of the molecule is C#CC#CCOc1nn(C)c(=O)n1C.[HH].[HH]. The Bertz CT molecular complexity index is 488. The van der Waals surface area contributed by atoms with E-state index in [0.717, 1.165) is 0 Å². The molecule has 14 heavy (non-hydrogen) atoms. The molecule has 0 bridgehead atoms. The van der Waals surface area contributed by atoms with Crippen LogP contribution in [0.25, 0.3) is 0 Å². The zero-order valence-electron chi connectivity index (χ0n) is 7.94. The number of terminal acetylenes is 1. The van der Waals surface area contributed by atoms with Gasteiger partial charge in [0.25, 0.3) is 0 Å². The summed E-state index contributed by atoms with van der Waals surface area (Å²) in [5.41, 5.74) is -0.245. The lowest BCUT2D eigenvalue weighted by atomic mass is 10.6. The number of hydrogen-bond donors (Lipinski definition) is 0. The van der Waals surface area contributed by atoms with Crippen LogP contribution < -0.4 is 10.4 Å². The van der Waals surface area contributed by atoms with Crippen LogP contribution >= 0.6 is 0 Å². The number of rotatable bonds is 2. The highest BCUT2D eigenvalue weighted by Gasteiger charge is 2.06. The predicted molar refractivity (Wildman–Crippen MR) is 54.8 cm³/mol. The average molecular weight is 195 g/mol. The molecule has 0 N–H and O–H groups in total. The van der Waals surface area contributed by atoms with Crippen molar-refractivity contribution in [2.75, 3.05) is 6.61 Å². The van der Waals surface area contributed by atoms with E-state index in [-0.39, 0.29) is 21.2 Å². The first-order valence-electron chi connectivity index (χ1n) is 3.83. The molecule has 1 heterocycles. The second-order valence-electron chi connectivity index (χ2n) is 2.48. The molecular weight excluding hydrogens is 182 g/mol. The van der Waals surface area contributed by atoms with Crippen LogP contribution in [0.1, 0.15) is 2.85 Å². The molecule has 0 saturated heterocycles. The third-order valence-electron chi connectivity index (χ3n) is 1.52. The second-order valence-corrected chi connectivity index (χ2v) is 2.48. The summed E-state index contributed by atoms with van der Waals surface area (Å²) in [4.78, 5) is 11.2. The summed E-state index contributed by atoms with van der Waals surface area (Å²) < 4.78 is 7.58. The number of aryl methyl sites for hydroxylation is 1. The van der Waals surface area contributed by atoms with Gasteiger partial charge in [0.2, 0.25) is 0 Å². The molecule has 1 aromatic heterocycles. The van der Waals surface area contributed by atoms with E-state index in [2.05, 4.69) is 22.9 Å². The Morgan fingerprint density at radius 3 is 2.86 bits per heavy atom. The van der Waals surface area contributed by atoms with Crippen LogP contribution in [-0.2, 0) is 14.1 Å². The third kappa shape index (κ3) is 1.96. The smallest absolute Gasteiger partial charge is 0.348 e. The average Bonchev–Trinajstić information content (AvgIpc) is 2.41. The highest BCUT2D eigenvalue weighted by molar-refractivity contribution is 5.22. The van der Waals surface area contributed by atoms with Crippen LogP contribution in [0.3, 0.4) is 0 Å². The van der Waals surface area contributed by atoms with Crippen LogP contribution in [-0.4, -0.2) is 21.0 Å². The Morgan fingerprint density at radius 1 is 1.64 bits per heavy atom. The van der Waals surface area contributed by atoms with E-state index >= 15 is 0 Å². The van der Waals surface area contributed by atoms with Crippen molar-refractivity contribution in [2.45, 2.75) is 0 Å². The van der Waals surface area contributed by atoms with Gasteiger partial charge in [-0.15, -0.1) is 11.5 Å². The van der Waals surface area contributed by atoms with Gasteiger partial charge in [0.15, 0.2) is 6.61 Å². The number of nitrogens with zero attached hydrogens (tertiary/aromatic N) is 3. The fourth-order valence-corrected chi connectivity index (χ4v) is 0.851. The molecule has 76 valence electrons. The highest BCUT2D eigenvalue weighted by Crippen LogP contribution is 1.98. The molecule has 0 unspecified atom stereocenters. The van der Waals surface area contributed by atoms with E-state index in [1.54, 1.807) is 14.1 Å². The van der Waals surface area contributed by atoms with Gasteiger partial charge < -0.3 is 4.74 Å². The number of aromatic nitrogens is 3. The monoisotopic (exact) mass is 195 g/mol. The Balaban J connectivity index is 0. The molecule has 0 spiro atoms. The quantitative estimate of drug-likeness (QED) is 0.605. The van der Waals surface area contributed by atoms with Gasteiger partial charge in [-0.1, -0.05) is 0 Å². The maximum absolute atomic E-state index is 11.2. The van der Waals surface area contributed by atoms with Crippen molar-refractivity contribution >= 4 is 0 Å². The van der Waals surface area contributed by atoms with Gasteiger partial charge in [-0.2, -0.15) is 0 Å². The Kier molecular flexibility index (Phi) is 2.98. The van der Waals surface area contributed by atoms with E-state index in [1.807, 2.05) is 0 Å². The topological polar surface area (TPSA) is 49.1 Å². The van der Waals surface area contributed by atoms with Gasteiger partial charge in [0.1, 0.15) is 0 Å². The first kappa shape index (κ1) is 9.94. The maximum Gasteiger partial charge on any atom is 0.348 e. The molecule has 0 atom stereocenters. The van der Waals surface area contributed by atoms with Crippen molar-refractivity contribution < 1.29 is 7.59 Å². The molecule has 0 amide bonds. The molecule has 0 aliphatic carbocycles. The minimum Gasteiger partial charge on any atom is -0.450 e. The molecule has 0 aliphatic heterocycles. The Hall–Kier alpha value is -2.14. The molecule has 0 fully saturated rings. The van der Waals surface area contributed by atoms with Crippen molar-refractivity contribution in [3.8, 4) is 30.2 Å². The molecular formula is C9H13N3O2. The van der Waals surface area contributed by atoms with Gasteiger partial charge in [-0.3, -0.25) is 0 Å². The van der Waals surface area contributed by atoms with Crippen molar-refractivity contribution in [3.05, 3.63) is 10.5 Å². The molecule has 1 aromatic rings. The van der Waals surface area contributed by atoms with E-state index in [1.165, 1.54) is 9.25 Å².